The van der Waals surface area contributed by atoms with Gasteiger partial charge in [-0.2, -0.15) is 12.7 Å². The smallest absolute Gasteiger partial charge is 0.279 e. The van der Waals surface area contributed by atoms with E-state index in [2.05, 4.69) is 4.72 Å². The van der Waals surface area contributed by atoms with Crippen LogP contribution in [0.15, 0.2) is 0 Å². The van der Waals surface area contributed by atoms with Gasteiger partial charge in [0.15, 0.2) is 0 Å². The molecule has 1 heterocycles. The molecule has 1 rings (SSSR count). The van der Waals surface area contributed by atoms with Crippen molar-refractivity contribution in [2.45, 2.75) is 51.5 Å². The fourth-order valence-electron chi connectivity index (χ4n) is 1.95. The Labute approximate surface area is 105 Å². The second kappa shape index (κ2) is 7.31. The molecule has 0 amide bonds. The highest BCUT2D eigenvalue weighted by Gasteiger charge is 2.22. The molecular formula is C11H25N3O2S. The van der Waals surface area contributed by atoms with Crippen molar-refractivity contribution in [1.82, 2.24) is 9.03 Å². The van der Waals surface area contributed by atoms with Gasteiger partial charge in [-0.15, -0.1) is 0 Å². The molecule has 0 aromatic heterocycles. The van der Waals surface area contributed by atoms with Crippen LogP contribution in [-0.2, 0) is 10.2 Å². The van der Waals surface area contributed by atoms with E-state index in [1.807, 2.05) is 6.92 Å². The Bertz CT molecular complexity index is 298. The van der Waals surface area contributed by atoms with Crippen LogP contribution in [0.4, 0.5) is 0 Å². The average molecular weight is 263 g/mol. The van der Waals surface area contributed by atoms with Crippen LogP contribution in [0.1, 0.15) is 45.4 Å². The maximum absolute atomic E-state index is 12.0. The number of nitrogens with one attached hydrogen (secondary N) is 1. The SMILES string of the molecule is CCC(N)CCNS(=O)(=O)N1CCCCCC1. The lowest BCUT2D eigenvalue weighted by atomic mass is 10.2. The molecule has 0 aromatic rings. The quantitative estimate of drug-likeness (QED) is 0.745. The Kier molecular flexibility index (Phi) is 6.40. The Hall–Kier alpha value is -0.170. The molecule has 1 fully saturated rings. The Morgan fingerprint density at radius 1 is 1.24 bits per heavy atom. The zero-order valence-corrected chi connectivity index (χ0v) is 11.5. The van der Waals surface area contributed by atoms with E-state index in [-0.39, 0.29) is 6.04 Å². The first kappa shape index (κ1) is 14.9. The molecule has 1 aliphatic rings. The van der Waals surface area contributed by atoms with Crippen molar-refractivity contribution in [2.75, 3.05) is 19.6 Å². The summed E-state index contributed by atoms with van der Waals surface area (Å²) in [6, 6.07) is 0.0850. The topological polar surface area (TPSA) is 75.4 Å². The van der Waals surface area contributed by atoms with Crippen LogP contribution < -0.4 is 10.5 Å². The highest BCUT2D eigenvalue weighted by molar-refractivity contribution is 7.87. The van der Waals surface area contributed by atoms with Gasteiger partial charge in [-0.05, 0) is 25.7 Å². The molecule has 1 aliphatic heterocycles. The maximum Gasteiger partial charge on any atom is 0.279 e. The minimum Gasteiger partial charge on any atom is -0.328 e. The van der Waals surface area contributed by atoms with E-state index in [4.69, 9.17) is 5.73 Å². The zero-order chi connectivity index (χ0) is 12.7. The normalized spacial score (nSPS) is 21.1. The molecule has 6 heteroatoms. The van der Waals surface area contributed by atoms with Crippen LogP contribution in [0.25, 0.3) is 0 Å². The third kappa shape index (κ3) is 5.33. The van der Waals surface area contributed by atoms with Gasteiger partial charge in [-0.25, -0.2) is 4.72 Å². The van der Waals surface area contributed by atoms with Gasteiger partial charge >= 0.3 is 0 Å². The lowest BCUT2D eigenvalue weighted by Crippen LogP contribution is -2.42. The fraction of sp³-hybridized carbons (Fsp3) is 1.00. The van der Waals surface area contributed by atoms with Crippen LogP contribution in [0.2, 0.25) is 0 Å². The molecule has 1 atom stereocenters. The van der Waals surface area contributed by atoms with Crippen LogP contribution in [0, 0.1) is 0 Å². The van der Waals surface area contributed by atoms with Crippen molar-refractivity contribution >= 4 is 10.2 Å². The van der Waals surface area contributed by atoms with E-state index >= 15 is 0 Å². The standard InChI is InChI=1S/C11H25N3O2S/c1-2-11(12)7-8-13-17(15,16)14-9-5-3-4-6-10-14/h11,13H,2-10,12H2,1H3. The average Bonchev–Trinajstić information content (AvgIpc) is 2.57. The van der Waals surface area contributed by atoms with Crippen molar-refractivity contribution in [1.29, 1.82) is 0 Å². The monoisotopic (exact) mass is 263 g/mol. The summed E-state index contributed by atoms with van der Waals surface area (Å²) in [4.78, 5) is 0. The maximum atomic E-state index is 12.0. The van der Waals surface area contributed by atoms with Gasteiger partial charge in [0.1, 0.15) is 0 Å². The summed E-state index contributed by atoms with van der Waals surface area (Å²) in [5.41, 5.74) is 5.76. The zero-order valence-electron chi connectivity index (χ0n) is 10.7. The predicted octanol–water partition coefficient (Wildman–Crippen LogP) is 0.824. The Balaban J connectivity index is 2.38. The number of nitrogens with two attached hydrogens (primary N) is 1. The molecule has 0 bridgehead atoms. The summed E-state index contributed by atoms with van der Waals surface area (Å²) in [5.74, 6) is 0. The summed E-state index contributed by atoms with van der Waals surface area (Å²) in [5, 5.41) is 0. The molecule has 0 aromatic carbocycles. The van der Waals surface area contributed by atoms with Crippen LogP contribution >= 0.6 is 0 Å². The van der Waals surface area contributed by atoms with Crippen LogP contribution in [0.3, 0.4) is 0 Å². The summed E-state index contributed by atoms with van der Waals surface area (Å²) >= 11 is 0. The predicted molar refractivity (Wildman–Crippen MR) is 69.8 cm³/mol. The van der Waals surface area contributed by atoms with E-state index < -0.39 is 10.2 Å². The summed E-state index contributed by atoms with van der Waals surface area (Å²) in [7, 11) is -3.28. The van der Waals surface area contributed by atoms with Gasteiger partial charge in [0.05, 0.1) is 0 Å². The molecular weight excluding hydrogens is 238 g/mol. The molecule has 17 heavy (non-hydrogen) atoms. The van der Waals surface area contributed by atoms with Crippen molar-refractivity contribution < 1.29 is 8.42 Å². The number of hydrogen-bond acceptors (Lipinski definition) is 3. The number of hydrogen-bond donors (Lipinski definition) is 2. The Morgan fingerprint density at radius 2 is 1.82 bits per heavy atom. The van der Waals surface area contributed by atoms with Gasteiger partial charge in [-0.1, -0.05) is 19.8 Å². The summed E-state index contributed by atoms with van der Waals surface area (Å²) < 4.78 is 28.2. The van der Waals surface area contributed by atoms with Crippen LogP contribution in [0.5, 0.6) is 0 Å². The van der Waals surface area contributed by atoms with Gasteiger partial charge in [0.2, 0.25) is 0 Å². The lowest BCUT2D eigenvalue weighted by molar-refractivity contribution is 0.413. The minimum absolute atomic E-state index is 0.0850. The van der Waals surface area contributed by atoms with E-state index in [0.29, 0.717) is 26.1 Å². The van der Waals surface area contributed by atoms with Gasteiger partial charge < -0.3 is 5.73 Å². The van der Waals surface area contributed by atoms with E-state index in [1.165, 1.54) is 0 Å². The second-order valence-electron chi connectivity index (χ2n) is 4.67. The summed E-state index contributed by atoms with van der Waals surface area (Å²) in [6.45, 7) is 3.74. The van der Waals surface area contributed by atoms with E-state index in [1.54, 1.807) is 4.31 Å². The molecule has 0 aliphatic carbocycles. The fourth-order valence-corrected chi connectivity index (χ4v) is 3.25. The molecule has 5 nitrogen and oxygen atoms in total. The first-order valence-corrected chi connectivity index (χ1v) is 8.00. The molecule has 0 radical (unpaired) electrons. The Morgan fingerprint density at radius 3 is 2.35 bits per heavy atom. The van der Waals surface area contributed by atoms with Gasteiger partial charge in [-0.3, -0.25) is 0 Å². The molecule has 3 N–H and O–H groups in total. The first-order valence-electron chi connectivity index (χ1n) is 6.56. The van der Waals surface area contributed by atoms with Crippen molar-refractivity contribution in [3.63, 3.8) is 0 Å². The van der Waals surface area contributed by atoms with Crippen LogP contribution in [-0.4, -0.2) is 38.4 Å². The third-order valence-corrected chi connectivity index (χ3v) is 4.84. The second-order valence-corrected chi connectivity index (χ2v) is 6.42. The van der Waals surface area contributed by atoms with Crippen molar-refractivity contribution in [3.05, 3.63) is 0 Å². The largest absolute Gasteiger partial charge is 0.328 e. The number of rotatable bonds is 6. The van der Waals surface area contributed by atoms with Gasteiger partial charge in [0.25, 0.3) is 10.2 Å². The molecule has 102 valence electrons. The number of nitrogens with zero attached hydrogens (tertiary/aromatic N) is 1. The first-order chi connectivity index (χ1) is 8.06. The highest BCUT2D eigenvalue weighted by atomic mass is 32.2. The van der Waals surface area contributed by atoms with Gasteiger partial charge in [0, 0.05) is 25.7 Å². The molecule has 1 saturated heterocycles. The minimum atomic E-state index is -3.28. The van der Waals surface area contributed by atoms with E-state index in [0.717, 1.165) is 32.1 Å². The molecule has 0 spiro atoms. The van der Waals surface area contributed by atoms with Crippen molar-refractivity contribution in [3.8, 4) is 0 Å². The lowest BCUT2D eigenvalue weighted by Gasteiger charge is -2.20. The highest BCUT2D eigenvalue weighted by Crippen LogP contribution is 2.12. The molecule has 0 saturated carbocycles. The van der Waals surface area contributed by atoms with E-state index in [9.17, 15) is 8.42 Å². The summed E-state index contributed by atoms with van der Waals surface area (Å²) in [6.07, 6.45) is 5.78. The van der Waals surface area contributed by atoms with Crippen molar-refractivity contribution in [2.24, 2.45) is 5.73 Å². The molecule has 1 unspecified atom stereocenters. The third-order valence-electron chi connectivity index (χ3n) is 3.23.